The number of hydrogen-bond acceptors (Lipinski definition) is 2. The van der Waals surface area contributed by atoms with Gasteiger partial charge in [-0.3, -0.25) is 4.79 Å². The van der Waals surface area contributed by atoms with Crippen molar-refractivity contribution in [2.75, 3.05) is 6.54 Å². The minimum atomic E-state index is -0.322. The molecular formula is C24H29FIN3O. The number of imidazole rings is 1. The van der Waals surface area contributed by atoms with Crippen LogP contribution in [0.2, 0.25) is 0 Å². The van der Waals surface area contributed by atoms with E-state index in [1.54, 1.807) is 6.07 Å². The average Bonchev–Trinajstić information content (AvgIpc) is 3.05. The number of para-hydroxylation sites is 1. The van der Waals surface area contributed by atoms with E-state index in [0.29, 0.717) is 30.1 Å². The third kappa shape index (κ3) is 5.02. The number of benzene rings is 2. The molecule has 3 aromatic rings. The zero-order valence-corrected chi connectivity index (χ0v) is 20.2. The van der Waals surface area contributed by atoms with Crippen molar-refractivity contribution in [2.24, 2.45) is 5.92 Å². The van der Waals surface area contributed by atoms with E-state index in [1.807, 2.05) is 40.7 Å². The summed E-state index contributed by atoms with van der Waals surface area (Å²) in [4.78, 5) is 19.8. The van der Waals surface area contributed by atoms with Crippen LogP contribution in [0.5, 0.6) is 0 Å². The first-order valence-corrected chi connectivity index (χ1v) is 11.6. The van der Waals surface area contributed by atoms with Gasteiger partial charge in [-0.05, 0) is 78.1 Å². The zero-order valence-electron chi connectivity index (χ0n) is 18.1. The Hall–Kier alpha value is -1.96. The molecule has 30 heavy (non-hydrogen) atoms. The van der Waals surface area contributed by atoms with Crippen molar-refractivity contribution in [1.82, 2.24) is 14.5 Å². The van der Waals surface area contributed by atoms with Crippen molar-refractivity contribution in [2.45, 2.75) is 53.6 Å². The molecule has 160 valence electrons. The number of carbonyl (C=O) groups excluding carboxylic acids is 1. The molecule has 1 aromatic heterocycles. The van der Waals surface area contributed by atoms with Crippen LogP contribution in [0.3, 0.4) is 0 Å². The number of halogens is 2. The fraction of sp³-hybridized carbons (Fsp3) is 0.417. The lowest BCUT2D eigenvalue weighted by Gasteiger charge is -2.24. The summed E-state index contributed by atoms with van der Waals surface area (Å²) in [5, 5.41) is 0. The average molecular weight is 521 g/mol. The number of amides is 1. The van der Waals surface area contributed by atoms with Crippen LogP contribution in [0, 0.1) is 22.2 Å². The lowest BCUT2D eigenvalue weighted by atomic mass is 10.1. The van der Waals surface area contributed by atoms with Gasteiger partial charge in [-0.15, -0.1) is 0 Å². The number of aromatic nitrogens is 2. The van der Waals surface area contributed by atoms with Crippen molar-refractivity contribution >= 4 is 39.5 Å². The minimum absolute atomic E-state index is 0.0101. The Labute approximate surface area is 191 Å². The molecule has 0 atom stereocenters. The lowest BCUT2D eigenvalue weighted by molar-refractivity contribution is 0.0729. The minimum Gasteiger partial charge on any atom is -0.331 e. The number of aryl methyl sites for hydroxylation is 2. The van der Waals surface area contributed by atoms with E-state index < -0.39 is 0 Å². The molecule has 0 aliphatic carbocycles. The van der Waals surface area contributed by atoms with E-state index in [9.17, 15) is 9.18 Å². The SMILES string of the molecule is CCCn1c(CN(CCC(C)C)C(=O)c2ccc(C)c(I)c2)nc2c(F)cccc21. The molecule has 2 aromatic carbocycles. The Morgan fingerprint density at radius 2 is 2.03 bits per heavy atom. The molecule has 0 aliphatic rings. The van der Waals surface area contributed by atoms with Crippen molar-refractivity contribution in [3.05, 3.63) is 62.7 Å². The van der Waals surface area contributed by atoms with E-state index in [0.717, 1.165) is 39.9 Å². The van der Waals surface area contributed by atoms with E-state index in [1.165, 1.54) is 6.07 Å². The quantitative estimate of drug-likeness (QED) is 0.332. The lowest BCUT2D eigenvalue weighted by Crippen LogP contribution is -2.33. The molecule has 0 saturated carbocycles. The highest BCUT2D eigenvalue weighted by Crippen LogP contribution is 2.22. The Morgan fingerprint density at radius 3 is 2.70 bits per heavy atom. The normalized spacial score (nSPS) is 11.4. The van der Waals surface area contributed by atoms with E-state index in [-0.39, 0.29) is 11.7 Å². The molecule has 0 radical (unpaired) electrons. The van der Waals surface area contributed by atoms with Gasteiger partial charge >= 0.3 is 0 Å². The van der Waals surface area contributed by atoms with Gasteiger partial charge in [0.1, 0.15) is 11.3 Å². The standard InChI is InChI=1S/C24H29FIN3O/c1-5-12-29-21-8-6-7-19(25)23(21)27-22(29)15-28(13-11-16(2)3)24(30)18-10-9-17(4)20(26)14-18/h6-10,14,16H,5,11-13,15H2,1-4H3. The molecule has 1 amide bonds. The number of rotatable bonds is 8. The van der Waals surface area contributed by atoms with Gasteiger partial charge in [0.25, 0.3) is 5.91 Å². The predicted molar refractivity (Wildman–Crippen MR) is 128 cm³/mol. The maximum atomic E-state index is 14.4. The van der Waals surface area contributed by atoms with E-state index in [4.69, 9.17) is 0 Å². The largest absolute Gasteiger partial charge is 0.331 e. The van der Waals surface area contributed by atoms with Crippen molar-refractivity contribution < 1.29 is 9.18 Å². The van der Waals surface area contributed by atoms with Crippen molar-refractivity contribution in [3.8, 4) is 0 Å². The molecule has 0 unspecified atom stereocenters. The Bertz CT molecular complexity index is 1040. The number of fused-ring (bicyclic) bond motifs is 1. The predicted octanol–water partition coefficient (Wildman–Crippen LogP) is 6.19. The van der Waals surface area contributed by atoms with Crippen LogP contribution in [0.15, 0.2) is 36.4 Å². The van der Waals surface area contributed by atoms with Crippen molar-refractivity contribution in [3.63, 3.8) is 0 Å². The highest BCUT2D eigenvalue weighted by molar-refractivity contribution is 14.1. The van der Waals surface area contributed by atoms with Gasteiger partial charge in [0.05, 0.1) is 12.1 Å². The molecule has 4 nitrogen and oxygen atoms in total. The van der Waals surface area contributed by atoms with Crippen LogP contribution in [0.1, 0.15) is 55.4 Å². The number of hydrogen-bond donors (Lipinski definition) is 0. The summed E-state index contributed by atoms with van der Waals surface area (Å²) < 4.78 is 17.5. The number of nitrogens with zero attached hydrogens (tertiary/aromatic N) is 3. The molecule has 0 saturated heterocycles. The van der Waals surface area contributed by atoms with E-state index >= 15 is 0 Å². The van der Waals surface area contributed by atoms with Crippen LogP contribution in [-0.4, -0.2) is 26.9 Å². The third-order valence-corrected chi connectivity index (χ3v) is 6.43. The summed E-state index contributed by atoms with van der Waals surface area (Å²) >= 11 is 2.26. The highest BCUT2D eigenvalue weighted by Gasteiger charge is 2.21. The molecule has 0 N–H and O–H groups in total. The van der Waals surface area contributed by atoms with Crippen LogP contribution in [0.4, 0.5) is 4.39 Å². The summed E-state index contributed by atoms with van der Waals surface area (Å²) in [5.41, 5.74) is 2.99. The second-order valence-corrected chi connectivity index (χ2v) is 9.32. The smallest absolute Gasteiger partial charge is 0.254 e. The Kier molecular flexibility index (Phi) is 7.50. The summed E-state index contributed by atoms with van der Waals surface area (Å²) in [6.07, 6.45) is 1.81. The molecule has 6 heteroatoms. The fourth-order valence-corrected chi connectivity index (χ4v) is 4.02. The van der Waals surface area contributed by atoms with Gasteiger partial charge in [-0.1, -0.05) is 32.9 Å². The van der Waals surface area contributed by atoms with Crippen molar-refractivity contribution in [1.29, 1.82) is 0 Å². The monoisotopic (exact) mass is 521 g/mol. The van der Waals surface area contributed by atoms with Gasteiger partial charge in [0.2, 0.25) is 0 Å². The maximum absolute atomic E-state index is 14.4. The van der Waals surface area contributed by atoms with Crippen LogP contribution in [-0.2, 0) is 13.1 Å². The van der Waals surface area contributed by atoms with Crippen LogP contribution >= 0.6 is 22.6 Å². The topological polar surface area (TPSA) is 38.1 Å². The third-order valence-electron chi connectivity index (χ3n) is 5.27. The second-order valence-electron chi connectivity index (χ2n) is 8.16. The molecule has 0 fully saturated rings. The van der Waals surface area contributed by atoms with Gasteiger partial charge in [-0.2, -0.15) is 0 Å². The number of carbonyl (C=O) groups is 1. The first-order chi connectivity index (χ1) is 14.3. The van der Waals surface area contributed by atoms with E-state index in [2.05, 4.69) is 48.3 Å². The molecule has 0 aliphatic heterocycles. The highest BCUT2D eigenvalue weighted by atomic mass is 127. The first-order valence-electron chi connectivity index (χ1n) is 10.5. The molecular weight excluding hydrogens is 492 g/mol. The Balaban J connectivity index is 1.98. The fourth-order valence-electron chi connectivity index (χ4n) is 3.50. The van der Waals surface area contributed by atoms with Gasteiger partial charge < -0.3 is 9.47 Å². The summed E-state index contributed by atoms with van der Waals surface area (Å²) in [6, 6.07) is 10.9. The molecule has 0 spiro atoms. The molecule has 1 heterocycles. The summed E-state index contributed by atoms with van der Waals surface area (Å²) in [7, 11) is 0. The second kappa shape index (κ2) is 9.90. The maximum Gasteiger partial charge on any atom is 0.254 e. The van der Waals surface area contributed by atoms with Gasteiger partial charge in [0.15, 0.2) is 5.82 Å². The van der Waals surface area contributed by atoms with Gasteiger partial charge in [0, 0.05) is 22.2 Å². The first kappa shape index (κ1) is 22.7. The molecule has 0 bridgehead atoms. The van der Waals surface area contributed by atoms with Crippen LogP contribution < -0.4 is 0 Å². The van der Waals surface area contributed by atoms with Crippen LogP contribution in [0.25, 0.3) is 11.0 Å². The molecule has 3 rings (SSSR count). The summed E-state index contributed by atoms with van der Waals surface area (Å²) in [6.45, 7) is 10.2. The van der Waals surface area contributed by atoms with Gasteiger partial charge in [-0.25, -0.2) is 9.37 Å². The summed E-state index contributed by atoms with van der Waals surface area (Å²) in [5.74, 6) is 0.877. The zero-order chi connectivity index (χ0) is 21.8. The Morgan fingerprint density at radius 1 is 1.27 bits per heavy atom.